The summed E-state index contributed by atoms with van der Waals surface area (Å²) in [7, 11) is 0. The first-order chi connectivity index (χ1) is 16.9. The number of nitrogens with one attached hydrogen (secondary N) is 1. The number of nitrogens with zero attached hydrogens (tertiary/aromatic N) is 1. The van der Waals surface area contributed by atoms with Gasteiger partial charge in [-0.1, -0.05) is 31.0 Å². The van der Waals surface area contributed by atoms with Crippen molar-refractivity contribution < 1.29 is 23.5 Å². The van der Waals surface area contributed by atoms with Gasteiger partial charge in [-0.2, -0.15) is 0 Å². The van der Waals surface area contributed by atoms with Gasteiger partial charge in [-0.25, -0.2) is 4.39 Å². The van der Waals surface area contributed by atoms with Gasteiger partial charge in [0.1, 0.15) is 11.9 Å². The average Bonchev–Trinajstić information content (AvgIpc) is 3.36. The zero-order valence-electron chi connectivity index (χ0n) is 21.0. The van der Waals surface area contributed by atoms with Crippen LogP contribution in [0, 0.1) is 5.82 Å². The number of amides is 2. The minimum Gasteiger partial charge on any atom is -0.490 e. The molecule has 1 N–H and O–H groups in total. The van der Waals surface area contributed by atoms with E-state index < -0.39 is 6.04 Å². The van der Waals surface area contributed by atoms with Crippen molar-refractivity contribution in [2.45, 2.75) is 77.9 Å². The Morgan fingerprint density at radius 2 is 1.63 bits per heavy atom. The maximum atomic E-state index is 13.4. The Balaban J connectivity index is 1.72. The summed E-state index contributed by atoms with van der Waals surface area (Å²) in [5, 5.41) is 3.10. The van der Waals surface area contributed by atoms with Crippen LogP contribution < -0.4 is 14.8 Å². The largest absolute Gasteiger partial charge is 0.490 e. The number of hydrogen-bond donors (Lipinski definition) is 1. The molecule has 2 aromatic rings. The average molecular weight is 485 g/mol. The lowest BCUT2D eigenvalue weighted by molar-refractivity contribution is -0.140. The van der Waals surface area contributed by atoms with Crippen LogP contribution in [-0.4, -0.2) is 42.0 Å². The van der Waals surface area contributed by atoms with E-state index in [4.69, 9.17) is 9.47 Å². The topological polar surface area (TPSA) is 67.9 Å². The predicted octanol–water partition coefficient (Wildman–Crippen LogP) is 5.03. The van der Waals surface area contributed by atoms with E-state index in [0.29, 0.717) is 31.1 Å². The summed E-state index contributed by atoms with van der Waals surface area (Å²) in [5.74, 6) is 0.730. The van der Waals surface area contributed by atoms with Crippen molar-refractivity contribution in [1.29, 1.82) is 0 Å². The fourth-order valence-electron chi connectivity index (χ4n) is 4.41. The molecule has 190 valence electrons. The van der Waals surface area contributed by atoms with Crippen LogP contribution in [0.3, 0.4) is 0 Å². The lowest BCUT2D eigenvalue weighted by Gasteiger charge is -2.30. The highest BCUT2D eigenvalue weighted by Gasteiger charge is 2.28. The fraction of sp³-hybridized carbons (Fsp3) is 0.500. The Labute approximate surface area is 207 Å². The van der Waals surface area contributed by atoms with Gasteiger partial charge in [0, 0.05) is 19.0 Å². The highest BCUT2D eigenvalue weighted by atomic mass is 19.1. The van der Waals surface area contributed by atoms with Crippen LogP contribution in [0.2, 0.25) is 0 Å². The minimum absolute atomic E-state index is 0.129. The predicted molar refractivity (Wildman–Crippen MR) is 134 cm³/mol. The van der Waals surface area contributed by atoms with Gasteiger partial charge in [-0.05, 0) is 75.4 Å². The molecule has 0 radical (unpaired) electrons. The van der Waals surface area contributed by atoms with Crippen molar-refractivity contribution in [1.82, 2.24) is 10.2 Å². The van der Waals surface area contributed by atoms with Crippen LogP contribution in [0.4, 0.5) is 4.39 Å². The van der Waals surface area contributed by atoms with Gasteiger partial charge in [0.25, 0.3) is 0 Å². The quantitative estimate of drug-likeness (QED) is 0.459. The van der Waals surface area contributed by atoms with Crippen molar-refractivity contribution in [3.8, 4) is 11.5 Å². The smallest absolute Gasteiger partial charge is 0.242 e. The van der Waals surface area contributed by atoms with Gasteiger partial charge in [-0.3, -0.25) is 9.59 Å². The van der Waals surface area contributed by atoms with Gasteiger partial charge in [0.2, 0.25) is 11.8 Å². The van der Waals surface area contributed by atoms with Gasteiger partial charge >= 0.3 is 0 Å². The van der Waals surface area contributed by atoms with Crippen LogP contribution >= 0.6 is 0 Å². The Bertz CT molecular complexity index is 973. The Morgan fingerprint density at radius 1 is 1.00 bits per heavy atom. The molecule has 0 heterocycles. The second-order valence-electron chi connectivity index (χ2n) is 8.96. The number of ether oxygens (including phenoxy) is 2. The van der Waals surface area contributed by atoms with E-state index >= 15 is 0 Å². The number of carbonyl (C=O) groups excluding carboxylic acids is 2. The Hall–Kier alpha value is -3.09. The highest BCUT2D eigenvalue weighted by Crippen LogP contribution is 2.29. The summed E-state index contributed by atoms with van der Waals surface area (Å²) in [5.41, 5.74) is 1.73. The molecule has 0 spiro atoms. The summed E-state index contributed by atoms with van der Waals surface area (Å²) in [6.45, 7) is 6.89. The van der Waals surface area contributed by atoms with Gasteiger partial charge in [0.15, 0.2) is 11.5 Å². The molecule has 0 aromatic heterocycles. The summed E-state index contributed by atoms with van der Waals surface area (Å²) in [4.78, 5) is 27.9. The zero-order valence-corrected chi connectivity index (χ0v) is 21.0. The number of benzene rings is 2. The van der Waals surface area contributed by atoms with Crippen LogP contribution in [0.5, 0.6) is 11.5 Å². The molecule has 6 nitrogen and oxygen atoms in total. The first-order valence-corrected chi connectivity index (χ1v) is 12.6. The van der Waals surface area contributed by atoms with Gasteiger partial charge in [-0.15, -0.1) is 0 Å². The molecule has 2 aromatic carbocycles. The van der Waals surface area contributed by atoms with Crippen LogP contribution in [0.15, 0.2) is 42.5 Å². The van der Waals surface area contributed by atoms with Crippen molar-refractivity contribution >= 4 is 11.8 Å². The maximum absolute atomic E-state index is 13.4. The van der Waals surface area contributed by atoms with E-state index in [1.807, 2.05) is 32.0 Å². The third kappa shape index (κ3) is 7.70. The third-order valence-electron chi connectivity index (χ3n) is 6.37. The minimum atomic E-state index is -0.632. The lowest BCUT2D eigenvalue weighted by Crippen LogP contribution is -2.49. The number of carbonyl (C=O) groups is 2. The summed E-state index contributed by atoms with van der Waals surface area (Å²) in [6.07, 6.45) is 4.92. The van der Waals surface area contributed by atoms with E-state index in [9.17, 15) is 14.0 Å². The van der Waals surface area contributed by atoms with E-state index in [-0.39, 0.29) is 36.6 Å². The Morgan fingerprint density at radius 3 is 2.29 bits per heavy atom. The van der Waals surface area contributed by atoms with Crippen molar-refractivity contribution in [2.75, 3.05) is 13.2 Å². The molecular weight excluding hydrogens is 447 g/mol. The van der Waals surface area contributed by atoms with E-state index in [2.05, 4.69) is 5.32 Å². The molecule has 1 aliphatic rings. The number of rotatable bonds is 12. The fourth-order valence-corrected chi connectivity index (χ4v) is 4.41. The molecule has 3 rings (SSSR count). The molecule has 35 heavy (non-hydrogen) atoms. The van der Waals surface area contributed by atoms with Gasteiger partial charge < -0.3 is 19.7 Å². The maximum Gasteiger partial charge on any atom is 0.242 e. The van der Waals surface area contributed by atoms with Crippen molar-refractivity contribution in [2.24, 2.45) is 0 Å². The number of hydrogen-bond acceptors (Lipinski definition) is 4. The van der Waals surface area contributed by atoms with E-state index in [1.54, 1.807) is 24.0 Å². The molecule has 1 saturated carbocycles. The number of halogens is 1. The molecule has 0 unspecified atom stereocenters. The first-order valence-electron chi connectivity index (χ1n) is 12.6. The molecule has 7 heteroatoms. The molecule has 1 aliphatic carbocycles. The first kappa shape index (κ1) is 26.5. The zero-order chi connectivity index (χ0) is 25.2. The molecular formula is C28H37FN2O4. The second-order valence-corrected chi connectivity index (χ2v) is 8.96. The molecule has 0 bridgehead atoms. The van der Waals surface area contributed by atoms with E-state index in [0.717, 1.165) is 36.8 Å². The third-order valence-corrected chi connectivity index (χ3v) is 6.37. The Kier molecular flexibility index (Phi) is 9.94. The molecule has 0 saturated heterocycles. The highest BCUT2D eigenvalue weighted by molar-refractivity contribution is 5.87. The van der Waals surface area contributed by atoms with E-state index in [1.165, 1.54) is 12.1 Å². The van der Waals surface area contributed by atoms with Crippen LogP contribution in [0.25, 0.3) is 0 Å². The molecule has 1 atom stereocenters. The SMILES string of the molecule is CCOc1ccc(CCC(=O)N(Cc2ccc(F)cc2)[C@H](C)C(=O)NC2CCCC2)cc1OCC. The lowest BCUT2D eigenvalue weighted by atomic mass is 10.1. The van der Waals surface area contributed by atoms with Crippen molar-refractivity contribution in [3.63, 3.8) is 0 Å². The number of aryl methyl sites for hydroxylation is 1. The molecule has 0 aliphatic heterocycles. The normalized spacial score (nSPS) is 14.4. The standard InChI is InChI=1S/C28H37FN2O4/c1-4-34-25-16-12-21(18-26(25)35-5-2)13-17-27(32)31(19-22-10-14-23(29)15-11-22)20(3)28(33)30-24-8-6-7-9-24/h10-12,14-16,18,20,24H,4-9,13,17,19H2,1-3H3,(H,30,33)/t20-/m1/s1. The van der Waals surface area contributed by atoms with Gasteiger partial charge in [0.05, 0.1) is 13.2 Å². The monoisotopic (exact) mass is 484 g/mol. The van der Waals surface area contributed by atoms with Crippen molar-refractivity contribution in [3.05, 3.63) is 59.4 Å². The summed E-state index contributed by atoms with van der Waals surface area (Å²) >= 11 is 0. The van der Waals surface area contributed by atoms with Crippen LogP contribution in [-0.2, 0) is 22.6 Å². The van der Waals surface area contributed by atoms with Crippen LogP contribution in [0.1, 0.15) is 64.0 Å². The molecule has 1 fully saturated rings. The summed E-state index contributed by atoms with van der Waals surface area (Å²) < 4.78 is 24.7. The second kappa shape index (κ2) is 13.1. The molecule has 2 amide bonds. The summed E-state index contributed by atoms with van der Waals surface area (Å²) in [6, 6.07) is 11.3.